The maximum atomic E-state index is 11.9. The number of nitrogens with zero attached hydrogens (tertiary/aromatic N) is 5. The first-order chi connectivity index (χ1) is 15.0. The summed E-state index contributed by atoms with van der Waals surface area (Å²) in [5, 5.41) is 7.93. The Hall–Kier alpha value is -3.14. The Labute approximate surface area is 180 Å². The second-order valence-corrected chi connectivity index (χ2v) is 8.21. The van der Waals surface area contributed by atoms with Crippen LogP contribution < -0.4 is 11.1 Å². The number of piperazine rings is 1. The Morgan fingerprint density at radius 1 is 1.19 bits per heavy atom. The molecule has 3 N–H and O–H groups in total. The summed E-state index contributed by atoms with van der Waals surface area (Å²) in [5.41, 5.74) is 12.2. The van der Waals surface area contributed by atoms with Gasteiger partial charge in [-0.25, -0.2) is 14.5 Å². The zero-order chi connectivity index (χ0) is 21.5. The summed E-state index contributed by atoms with van der Waals surface area (Å²) in [6, 6.07) is 3.96. The van der Waals surface area contributed by atoms with Gasteiger partial charge in [0.1, 0.15) is 6.61 Å². The van der Waals surface area contributed by atoms with Crippen molar-refractivity contribution in [2.24, 2.45) is 5.73 Å². The van der Waals surface area contributed by atoms with E-state index in [2.05, 4.69) is 32.2 Å². The average molecular weight is 419 g/mol. The Morgan fingerprint density at radius 2 is 2.06 bits per heavy atom. The van der Waals surface area contributed by atoms with Crippen molar-refractivity contribution in [3.05, 3.63) is 70.4 Å². The van der Waals surface area contributed by atoms with E-state index in [9.17, 15) is 4.79 Å². The molecule has 31 heavy (non-hydrogen) atoms. The number of aryl methyl sites for hydroxylation is 1. The highest BCUT2D eigenvalue weighted by Crippen LogP contribution is 2.30. The van der Waals surface area contributed by atoms with E-state index in [-0.39, 0.29) is 18.2 Å². The molecule has 2 atom stereocenters. The number of ether oxygens (including phenoxy) is 1. The second kappa shape index (κ2) is 7.84. The van der Waals surface area contributed by atoms with Crippen LogP contribution in [0.5, 0.6) is 0 Å². The van der Waals surface area contributed by atoms with Crippen molar-refractivity contribution in [2.45, 2.75) is 39.2 Å². The van der Waals surface area contributed by atoms with Crippen LogP contribution in [0, 0.1) is 13.8 Å². The van der Waals surface area contributed by atoms with Gasteiger partial charge in [0.2, 0.25) is 0 Å². The van der Waals surface area contributed by atoms with Crippen molar-refractivity contribution in [1.29, 1.82) is 0 Å². The van der Waals surface area contributed by atoms with Crippen molar-refractivity contribution in [3.8, 4) is 5.82 Å². The number of cyclic esters (lactones) is 1. The normalized spacial score (nSPS) is 21.2. The number of benzene rings is 1. The maximum absolute atomic E-state index is 11.9. The summed E-state index contributed by atoms with van der Waals surface area (Å²) < 4.78 is 6.94. The molecule has 1 fully saturated rings. The minimum atomic E-state index is -0.241. The fourth-order valence-corrected chi connectivity index (χ4v) is 4.37. The smallest absolute Gasteiger partial charge is 0.338 e. The van der Waals surface area contributed by atoms with Crippen molar-refractivity contribution < 1.29 is 9.53 Å². The Morgan fingerprint density at radius 3 is 2.87 bits per heavy atom. The van der Waals surface area contributed by atoms with Crippen molar-refractivity contribution >= 4 is 5.97 Å². The molecule has 2 aliphatic heterocycles. The Kier molecular flexibility index (Phi) is 5.01. The molecule has 2 aliphatic rings. The highest BCUT2D eigenvalue weighted by atomic mass is 16.5. The molecule has 160 valence electrons. The number of hydrogen-bond acceptors (Lipinski definition) is 8. The molecule has 0 saturated carbocycles. The molecule has 5 rings (SSSR count). The van der Waals surface area contributed by atoms with Crippen LogP contribution in [0.15, 0.2) is 36.9 Å². The SMILES string of the molecule is Cc1cnc(-n2cc(CN3C[C@@H](c4ccc5c(c4C)COC5=O)N[C@@H](N)C3)cn2)cn1. The zero-order valence-corrected chi connectivity index (χ0v) is 17.6. The summed E-state index contributed by atoms with van der Waals surface area (Å²) in [4.78, 5) is 22.8. The highest BCUT2D eigenvalue weighted by molar-refractivity contribution is 5.94. The minimum absolute atomic E-state index is 0.0720. The predicted molar refractivity (Wildman–Crippen MR) is 113 cm³/mol. The van der Waals surface area contributed by atoms with Gasteiger partial charge in [-0.05, 0) is 31.0 Å². The molecule has 1 aromatic carbocycles. The maximum Gasteiger partial charge on any atom is 0.338 e. The quantitative estimate of drug-likeness (QED) is 0.610. The van der Waals surface area contributed by atoms with Crippen LogP contribution in [0.4, 0.5) is 0 Å². The van der Waals surface area contributed by atoms with E-state index in [4.69, 9.17) is 10.5 Å². The molecule has 0 unspecified atom stereocenters. The first-order valence-electron chi connectivity index (χ1n) is 10.3. The number of nitrogens with two attached hydrogens (primary N) is 1. The van der Waals surface area contributed by atoms with Crippen LogP contribution in [0.3, 0.4) is 0 Å². The topological polar surface area (TPSA) is 111 Å². The van der Waals surface area contributed by atoms with Crippen molar-refractivity contribution in [2.75, 3.05) is 13.1 Å². The minimum Gasteiger partial charge on any atom is -0.457 e. The van der Waals surface area contributed by atoms with Crippen molar-refractivity contribution in [1.82, 2.24) is 30.0 Å². The van der Waals surface area contributed by atoms with Gasteiger partial charge in [0.25, 0.3) is 0 Å². The third-order valence-electron chi connectivity index (χ3n) is 5.94. The summed E-state index contributed by atoms with van der Waals surface area (Å²) in [5.74, 6) is 0.451. The van der Waals surface area contributed by atoms with Crippen LogP contribution in [0.25, 0.3) is 5.82 Å². The van der Waals surface area contributed by atoms with E-state index in [0.29, 0.717) is 18.0 Å². The van der Waals surface area contributed by atoms with Gasteiger partial charge in [0, 0.05) is 43.0 Å². The van der Waals surface area contributed by atoms with E-state index in [1.54, 1.807) is 17.1 Å². The molecule has 4 heterocycles. The lowest BCUT2D eigenvalue weighted by molar-refractivity contribution is 0.0535. The van der Waals surface area contributed by atoms with E-state index in [1.165, 1.54) is 0 Å². The predicted octanol–water partition coefficient (Wildman–Crippen LogP) is 1.38. The van der Waals surface area contributed by atoms with Gasteiger partial charge in [0.05, 0.1) is 36.0 Å². The summed E-state index contributed by atoms with van der Waals surface area (Å²) in [6.07, 6.45) is 7.13. The number of fused-ring (bicyclic) bond motifs is 1. The number of hydrogen-bond donors (Lipinski definition) is 2. The number of carbonyl (C=O) groups excluding carboxylic acids is 1. The molecular weight excluding hydrogens is 394 g/mol. The number of esters is 1. The fraction of sp³-hybridized carbons (Fsp3) is 0.364. The van der Waals surface area contributed by atoms with E-state index < -0.39 is 0 Å². The van der Waals surface area contributed by atoms with Gasteiger partial charge >= 0.3 is 5.97 Å². The zero-order valence-electron chi connectivity index (χ0n) is 17.6. The Balaban J connectivity index is 1.33. The van der Waals surface area contributed by atoms with E-state index in [1.807, 2.05) is 31.5 Å². The van der Waals surface area contributed by atoms with Gasteiger partial charge < -0.3 is 10.5 Å². The van der Waals surface area contributed by atoms with Gasteiger partial charge in [-0.1, -0.05) is 6.07 Å². The highest BCUT2D eigenvalue weighted by Gasteiger charge is 2.30. The summed E-state index contributed by atoms with van der Waals surface area (Å²) in [7, 11) is 0. The third-order valence-corrected chi connectivity index (χ3v) is 5.94. The third kappa shape index (κ3) is 3.83. The molecule has 0 spiro atoms. The first kappa shape index (κ1) is 19.8. The lowest BCUT2D eigenvalue weighted by Gasteiger charge is -2.38. The molecule has 0 aliphatic carbocycles. The summed E-state index contributed by atoms with van der Waals surface area (Å²) >= 11 is 0. The molecule has 0 radical (unpaired) electrons. The molecule has 3 aromatic rings. The van der Waals surface area contributed by atoms with E-state index in [0.717, 1.165) is 47.6 Å². The number of carbonyl (C=O) groups is 1. The number of rotatable bonds is 4. The standard InChI is InChI=1S/C22H25N7O2/c1-13-5-25-21(7-24-13)29-9-15(6-26-29)8-28-10-19(27-20(23)11-28)16-3-4-17-18(14(16)2)12-31-22(17)30/h3-7,9,19-20,27H,8,10-12,23H2,1-2H3/t19-,20+/m0/s1. The molecule has 0 amide bonds. The second-order valence-electron chi connectivity index (χ2n) is 8.21. The average Bonchev–Trinajstić information content (AvgIpc) is 3.36. The van der Waals surface area contributed by atoms with Crippen LogP contribution in [-0.4, -0.2) is 49.9 Å². The van der Waals surface area contributed by atoms with Crippen LogP contribution >= 0.6 is 0 Å². The Bertz CT molecular complexity index is 1130. The van der Waals surface area contributed by atoms with Gasteiger partial charge in [-0.2, -0.15) is 5.10 Å². The lowest BCUT2D eigenvalue weighted by Crippen LogP contribution is -2.56. The molecule has 2 aromatic heterocycles. The molecule has 9 heteroatoms. The van der Waals surface area contributed by atoms with E-state index >= 15 is 0 Å². The van der Waals surface area contributed by atoms with Crippen LogP contribution in [-0.2, 0) is 17.9 Å². The molecule has 9 nitrogen and oxygen atoms in total. The van der Waals surface area contributed by atoms with Crippen LogP contribution in [0.1, 0.15) is 44.3 Å². The van der Waals surface area contributed by atoms with Gasteiger partial charge in [-0.15, -0.1) is 0 Å². The number of nitrogens with one attached hydrogen (secondary N) is 1. The molecule has 1 saturated heterocycles. The largest absolute Gasteiger partial charge is 0.457 e. The summed E-state index contributed by atoms with van der Waals surface area (Å²) in [6.45, 7) is 6.57. The van der Waals surface area contributed by atoms with Crippen molar-refractivity contribution in [3.63, 3.8) is 0 Å². The molecule has 0 bridgehead atoms. The number of aromatic nitrogens is 4. The van der Waals surface area contributed by atoms with Gasteiger partial charge in [0.15, 0.2) is 5.82 Å². The first-order valence-corrected chi connectivity index (χ1v) is 10.3. The lowest BCUT2D eigenvalue weighted by atomic mass is 9.93. The molecular formula is C22H25N7O2. The van der Waals surface area contributed by atoms with Gasteiger partial charge in [-0.3, -0.25) is 15.2 Å². The fourth-order valence-electron chi connectivity index (χ4n) is 4.37. The monoisotopic (exact) mass is 419 g/mol. The van der Waals surface area contributed by atoms with Crippen LogP contribution in [0.2, 0.25) is 0 Å².